The number of amides is 1. The molecule has 0 bridgehead atoms. The summed E-state index contributed by atoms with van der Waals surface area (Å²) in [5.74, 6) is 1.09. The lowest BCUT2D eigenvalue weighted by Gasteiger charge is -2.09. The van der Waals surface area contributed by atoms with Crippen LogP contribution in [0.1, 0.15) is 11.1 Å². The van der Waals surface area contributed by atoms with Crippen molar-refractivity contribution in [3.8, 4) is 22.6 Å². The van der Waals surface area contributed by atoms with Crippen LogP contribution in [0.3, 0.4) is 0 Å². The number of ether oxygens (including phenoxy) is 1. The van der Waals surface area contributed by atoms with Gasteiger partial charge in [0.05, 0.1) is 11.7 Å². The number of fused-ring (bicyclic) bond motifs is 1. The van der Waals surface area contributed by atoms with Gasteiger partial charge in [0.1, 0.15) is 22.9 Å². The van der Waals surface area contributed by atoms with Crippen LogP contribution in [-0.2, 0) is 11.3 Å². The first-order valence-corrected chi connectivity index (χ1v) is 12.0. The Kier molecular flexibility index (Phi) is 6.16. The predicted molar refractivity (Wildman–Crippen MR) is 140 cm³/mol. The quantitative estimate of drug-likeness (QED) is 0.315. The number of hydrogen-bond donors (Lipinski definition) is 1. The number of rotatable bonds is 6. The molecule has 0 aliphatic rings. The SMILES string of the molecule is Cc1ccc(-c2csc3ncn(CC(=O)Nc4ccc(Oc5ccccc5)cc4)c(=O)c23)cc1C. The van der Waals surface area contributed by atoms with Crippen LogP contribution in [0, 0.1) is 13.8 Å². The monoisotopic (exact) mass is 481 g/mol. The van der Waals surface area contributed by atoms with E-state index in [1.54, 1.807) is 24.3 Å². The Bertz CT molecular complexity index is 1570. The second-order valence-electron chi connectivity index (χ2n) is 8.29. The highest BCUT2D eigenvalue weighted by atomic mass is 32.1. The van der Waals surface area contributed by atoms with Gasteiger partial charge in [-0.2, -0.15) is 0 Å². The maximum atomic E-state index is 13.3. The minimum Gasteiger partial charge on any atom is -0.457 e. The molecule has 5 rings (SSSR count). The van der Waals surface area contributed by atoms with Crippen LogP contribution >= 0.6 is 11.3 Å². The maximum Gasteiger partial charge on any atom is 0.263 e. The second kappa shape index (κ2) is 9.56. The molecule has 0 spiro atoms. The first kappa shape index (κ1) is 22.6. The molecule has 35 heavy (non-hydrogen) atoms. The van der Waals surface area contributed by atoms with Crippen LogP contribution in [0.25, 0.3) is 21.3 Å². The Labute approximate surface area is 206 Å². The molecule has 6 nitrogen and oxygen atoms in total. The van der Waals surface area contributed by atoms with Crippen molar-refractivity contribution in [1.29, 1.82) is 0 Å². The van der Waals surface area contributed by atoms with E-state index in [0.717, 1.165) is 22.4 Å². The molecular weight excluding hydrogens is 458 g/mol. The molecule has 1 amide bonds. The predicted octanol–water partition coefficient (Wildman–Crippen LogP) is 6.17. The van der Waals surface area contributed by atoms with Crippen molar-refractivity contribution in [3.05, 3.63) is 106 Å². The number of anilines is 1. The average Bonchev–Trinajstić information content (AvgIpc) is 3.29. The van der Waals surface area contributed by atoms with Crippen molar-refractivity contribution < 1.29 is 9.53 Å². The Morgan fingerprint density at radius 2 is 1.71 bits per heavy atom. The van der Waals surface area contributed by atoms with E-state index in [9.17, 15) is 9.59 Å². The standard InChI is InChI=1S/C28H23N3O3S/c1-18-8-9-20(14-19(18)2)24-16-35-27-26(24)28(33)31(17-29-27)15-25(32)30-21-10-12-23(13-11-21)34-22-6-4-3-5-7-22/h3-14,16-17H,15H2,1-2H3,(H,30,32). The molecule has 0 fully saturated rings. The van der Waals surface area contributed by atoms with E-state index in [1.165, 1.54) is 27.8 Å². The van der Waals surface area contributed by atoms with Crippen molar-refractivity contribution in [2.24, 2.45) is 0 Å². The summed E-state index contributed by atoms with van der Waals surface area (Å²) in [6.45, 7) is 3.97. The number of benzene rings is 3. The van der Waals surface area contributed by atoms with Crippen LogP contribution in [0.15, 0.2) is 89.3 Å². The van der Waals surface area contributed by atoms with Crippen molar-refractivity contribution in [1.82, 2.24) is 9.55 Å². The molecule has 7 heteroatoms. The Morgan fingerprint density at radius 1 is 0.971 bits per heavy atom. The molecule has 0 atom stereocenters. The zero-order valence-electron chi connectivity index (χ0n) is 19.3. The fourth-order valence-electron chi connectivity index (χ4n) is 3.79. The summed E-state index contributed by atoms with van der Waals surface area (Å²) in [5.41, 5.74) is 4.55. The van der Waals surface area contributed by atoms with Gasteiger partial charge in [-0.25, -0.2) is 4.98 Å². The van der Waals surface area contributed by atoms with Gasteiger partial charge in [0.25, 0.3) is 5.56 Å². The average molecular weight is 482 g/mol. The number of nitrogens with zero attached hydrogens (tertiary/aromatic N) is 2. The maximum absolute atomic E-state index is 13.3. The molecular formula is C28H23N3O3S. The first-order valence-electron chi connectivity index (χ1n) is 11.1. The number of hydrogen-bond acceptors (Lipinski definition) is 5. The molecule has 0 aliphatic carbocycles. The minimum atomic E-state index is -0.312. The summed E-state index contributed by atoms with van der Waals surface area (Å²) < 4.78 is 7.13. The molecule has 0 saturated heterocycles. The highest BCUT2D eigenvalue weighted by Crippen LogP contribution is 2.31. The lowest BCUT2D eigenvalue weighted by atomic mass is 10.0. The Balaban J connectivity index is 1.33. The number of carbonyl (C=O) groups is 1. The van der Waals surface area contributed by atoms with E-state index in [-0.39, 0.29) is 18.0 Å². The number of nitrogens with one attached hydrogen (secondary N) is 1. The number of para-hydroxylation sites is 1. The van der Waals surface area contributed by atoms with Crippen LogP contribution in [0.4, 0.5) is 5.69 Å². The molecule has 3 aromatic carbocycles. The topological polar surface area (TPSA) is 73.2 Å². The van der Waals surface area contributed by atoms with Crippen LogP contribution in [0.5, 0.6) is 11.5 Å². The molecule has 1 N–H and O–H groups in total. The van der Waals surface area contributed by atoms with Crippen molar-refractivity contribution in [3.63, 3.8) is 0 Å². The highest BCUT2D eigenvalue weighted by Gasteiger charge is 2.15. The molecule has 2 aromatic heterocycles. The zero-order chi connectivity index (χ0) is 24.4. The van der Waals surface area contributed by atoms with E-state index >= 15 is 0 Å². The molecule has 0 saturated carbocycles. The van der Waals surface area contributed by atoms with Gasteiger partial charge in [-0.1, -0.05) is 36.4 Å². The second-order valence-corrected chi connectivity index (χ2v) is 9.15. The minimum absolute atomic E-state index is 0.133. The molecule has 0 radical (unpaired) electrons. The third kappa shape index (κ3) is 4.85. The summed E-state index contributed by atoms with van der Waals surface area (Å²) in [5, 5.41) is 5.32. The van der Waals surface area contributed by atoms with Crippen molar-refractivity contribution in [2.45, 2.75) is 20.4 Å². The zero-order valence-corrected chi connectivity index (χ0v) is 20.1. The Morgan fingerprint density at radius 3 is 2.46 bits per heavy atom. The fourth-order valence-corrected chi connectivity index (χ4v) is 4.69. The van der Waals surface area contributed by atoms with E-state index < -0.39 is 0 Å². The van der Waals surface area contributed by atoms with Gasteiger partial charge < -0.3 is 10.1 Å². The number of aryl methyl sites for hydroxylation is 2. The molecule has 0 unspecified atom stereocenters. The van der Waals surface area contributed by atoms with Gasteiger partial charge in [-0.15, -0.1) is 11.3 Å². The third-order valence-corrected chi connectivity index (χ3v) is 6.70. The third-order valence-electron chi connectivity index (χ3n) is 5.81. The smallest absolute Gasteiger partial charge is 0.263 e. The van der Waals surface area contributed by atoms with Gasteiger partial charge in [-0.05, 0) is 66.9 Å². The molecule has 5 aromatic rings. The fraction of sp³-hybridized carbons (Fsp3) is 0.107. The van der Waals surface area contributed by atoms with Crippen LogP contribution in [0.2, 0.25) is 0 Å². The normalized spacial score (nSPS) is 10.9. The number of aromatic nitrogens is 2. The van der Waals surface area contributed by atoms with Gasteiger partial charge in [-0.3, -0.25) is 14.2 Å². The highest BCUT2D eigenvalue weighted by molar-refractivity contribution is 7.17. The lowest BCUT2D eigenvalue weighted by Crippen LogP contribution is -2.27. The summed E-state index contributed by atoms with van der Waals surface area (Å²) in [6.07, 6.45) is 1.43. The van der Waals surface area contributed by atoms with Crippen molar-refractivity contribution in [2.75, 3.05) is 5.32 Å². The van der Waals surface area contributed by atoms with E-state index in [2.05, 4.69) is 30.2 Å². The van der Waals surface area contributed by atoms with Crippen molar-refractivity contribution >= 4 is 33.1 Å². The largest absolute Gasteiger partial charge is 0.457 e. The Hall–Kier alpha value is -4.23. The van der Waals surface area contributed by atoms with Gasteiger partial charge in [0, 0.05) is 16.6 Å². The lowest BCUT2D eigenvalue weighted by molar-refractivity contribution is -0.116. The van der Waals surface area contributed by atoms with E-state index in [4.69, 9.17) is 4.74 Å². The summed E-state index contributed by atoms with van der Waals surface area (Å²) in [4.78, 5) is 31.1. The van der Waals surface area contributed by atoms with Crippen LogP contribution in [-0.4, -0.2) is 15.5 Å². The molecule has 2 heterocycles. The van der Waals surface area contributed by atoms with Crippen LogP contribution < -0.4 is 15.6 Å². The number of thiophene rings is 1. The summed E-state index contributed by atoms with van der Waals surface area (Å²) >= 11 is 1.43. The van der Waals surface area contributed by atoms with Gasteiger partial charge >= 0.3 is 0 Å². The number of carbonyl (C=O) groups excluding carboxylic acids is 1. The van der Waals surface area contributed by atoms with Gasteiger partial charge in [0.15, 0.2) is 0 Å². The summed E-state index contributed by atoms with van der Waals surface area (Å²) in [6, 6.07) is 22.7. The van der Waals surface area contributed by atoms with E-state index in [1.807, 2.05) is 47.8 Å². The molecule has 174 valence electrons. The summed E-state index contributed by atoms with van der Waals surface area (Å²) in [7, 11) is 0. The van der Waals surface area contributed by atoms with Gasteiger partial charge in [0.2, 0.25) is 5.91 Å². The first-order chi connectivity index (χ1) is 17.0. The van der Waals surface area contributed by atoms with E-state index in [0.29, 0.717) is 21.7 Å². The molecule has 0 aliphatic heterocycles.